The standard InChI is InChI=1S/C29H28N4O5/c34-26(31-22-11-5-2-6-12-22)24-13-7-8-14-25(24)32-27(35)28(36)33-30-19-20-15-17-23(18-16-20)38-29(37)21-9-3-1-4-10-21/h1,3-4,7-10,13-19,22H,2,5-6,11-12H2,(H,31,34)(H,32,35)(H,33,36)/b30-19+. The highest BCUT2D eigenvalue weighted by atomic mass is 16.5. The molecule has 0 aromatic heterocycles. The zero-order chi connectivity index (χ0) is 26.7. The maximum atomic E-state index is 12.8. The Bertz CT molecular complexity index is 1320. The Morgan fingerprint density at radius 2 is 1.47 bits per heavy atom. The van der Waals surface area contributed by atoms with E-state index in [1.54, 1.807) is 72.8 Å². The fraction of sp³-hybridized carbons (Fsp3) is 0.207. The van der Waals surface area contributed by atoms with E-state index in [4.69, 9.17) is 4.74 Å². The number of para-hydroxylation sites is 1. The molecule has 0 heterocycles. The van der Waals surface area contributed by atoms with Crippen LogP contribution in [0.3, 0.4) is 0 Å². The molecule has 1 aliphatic carbocycles. The quantitative estimate of drug-likeness (QED) is 0.145. The molecule has 0 radical (unpaired) electrons. The van der Waals surface area contributed by atoms with Gasteiger partial charge in [0.05, 0.1) is 23.0 Å². The van der Waals surface area contributed by atoms with Gasteiger partial charge in [0, 0.05) is 6.04 Å². The van der Waals surface area contributed by atoms with Crippen LogP contribution in [0.15, 0.2) is 84.0 Å². The molecular formula is C29H28N4O5. The van der Waals surface area contributed by atoms with Crippen LogP contribution in [0.1, 0.15) is 58.4 Å². The number of carbonyl (C=O) groups excluding carboxylic acids is 4. The van der Waals surface area contributed by atoms with Crippen LogP contribution >= 0.6 is 0 Å². The number of nitrogens with one attached hydrogen (secondary N) is 3. The van der Waals surface area contributed by atoms with E-state index in [1.165, 1.54) is 12.6 Å². The van der Waals surface area contributed by atoms with Gasteiger partial charge in [-0.3, -0.25) is 14.4 Å². The molecule has 1 aliphatic rings. The molecule has 38 heavy (non-hydrogen) atoms. The number of esters is 1. The summed E-state index contributed by atoms with van der Waals surface area (Å²) >= 11 is 0. The van der Waals surface area contributed by atoms with E-state index >= 15 is 0 Å². The molecule has 1 saturated carbocycles. The highest BCUT2D eigenvalue weighted by Crippen LogP contribution is 2.20. The van der Waals surface area contributed by atoms with Gasteiger partial charge in [-0.1, -0.05) is 49.6 Å². The summed E-state index contributed by atoms with van der Waals surface area (Å²) in [6, 6.07) is 21.7. The van der Waals surface area contributed by atoms with Crippen molar-refractivity contribution in [3.63, 3.8) is 0 Å². The first-order valence-electron chi connectivity index (χ1n) is 12.4. The minimum absolute atomic E-state index is 0.114. The van der Waals surface area contributed by atoms with Gasteiger partial charge in [0.25, 0.3) is 5.91 Å². The molecule has 4 rings (SSSR count). The van der Waals surface area contributed by atoms with Crippen molar-refractivity contribution in [2.45, 2.75) is 38.1 Å². The van der Waals surface area contributed by atoms with Gasteiger partial charge in [-0.25, -0.2) is 10.2 Å². The molecule has 1 fully saturated rings. The lowest BCUT2D eigenvalue weighted by molar-refractivity contribution is -0.136. The first kappa shape index (κ1) is 26.3. The van der Waals surface area contributed by atoms with Gasteiger partial charge >= 0.3 is 17.8 Å². The molecule has 3 amide bonds. The van der Waals surface area contributed by atoms with Crippen LogP contribution in [-0.2, 0) is 9.59 Å². The normalized spacial score (nSPS) is 13.5. The largest absolute Gasteiger partial charge is 0.423 e. The second-order valence-electron chi connectivity index (χ2n) is 8.83. The fourth-order valence-electron chi connectivity index (χ4n) is 4.06. The first-order chi connectivity index (χ1) is 18.5. The molecule has 9 nitrogen and oxygen atoms in total. The molecule has 3 aromatic rings. The first-order valence-corrected chi connectivity index (χ1v) is 12.4. The van der Waals surface area contributed by atoms with E-state index in [0.29, 0.717) is 16.9 Å². The van der Waals surface area contributed by atoms with Crippen molar-refractivity contribution in [3.8, 4) is 5.75 Å². The molecule has 0 unspecified atom stereocenters. The van der Waals surface area contributed by atoms with Gasteiger partial charge in [0.15, 0.2) is 0 Å². The van der Waals surface area contributed by atoms with Crippen molar-refractivity contribution in [2.24, 2.45) is 5.10 Å². The number of benzene rings is 3. The lowest BCUT2D eigenvalue weighted by Gasteiger charge is -2.23. The number of anilines is 1. The third-order valence-electron chi connectivity index (χ3n) is 6.05. The molecule has 3 aromatic carbocycles. The fourth-order valence-corrected chi connectivity index (χ4v) is 4.06. The predicted molar refractivity (Wildman–Crippen MR) is 143 cm³/mol. The Morgan fingerprint density at radius 3 is 2.21 bits per heavy atom. The Morgan fingerprint density at radius 1 is 0.789 bits per heavy atom. The van der Waals surface area contributed by atoms with Crippen molar-refractivity contribution in [2.75, 3.05) is 5.32 Å². The number of hydrogen-bond donors (Lipinski definition) is 3. The van der Waals surface area contributed by atoms with Gasteiger partial charge in [-0.15, -0.1) is 0 Å². The zero-order valence-corrected chi connectivity index (χ0v) is 20.7. The van der Waals surface area contributed by atoms with Crippen LogP contribution in [0.2, 0.25) is 0 Å². The zero-order valence-electron chi connectivity index (χ0n) is 20.7. The Labute approximate surface area is 220 Å². The van der Waals surface area contributed by atoms with Crippen molar-refractivity contribution in [3.05, 3.63) is 95.6 Å². The average molecular weight is 513 g/mol. The summed E-state index contributed by atoms with van der Waals surface area (Å²) in [4.78, 5) is 49.5. The van der Waals surface area contributed by atoms with Crippen LogP contribution in [0.5, 0.6) is 5.75 Å². The van der Waals surface area contributed by atoms with Gasteiger partial charge in [0.2, 0.25) is 0 Å². The van der Waals surface area contributed by atoms with E-state index in [9.17, 15) is 19.2 Å². The van der Waals surface area contributed by atoms with Crippen LogP contribution in [0.25, 0.3) is 0 Å². The number of hydrogen-bond acceptors (Lipinski definition) is 6. The maximum absolute atomic E-state index is 12.8. The lowest BCUT2D eigenvalue weighted by Crippen LogP contribution is -2.37. The lowest BCUT2D eigenvalue weighted by atomic mass is 9.95. The number of ether oxygens (including phenoxy) is 1. The van der Waals surface area contributed by atoms with Crippen LogP contribution < -0.4 is 20.8 Å². The topological polar surface area (TPSA) is 126 Å². The van der Waals surface area contributed by atoms with Crippen LogP contribution in [-0.4, -0.2) is 35.9 Å². The minimum atomic E-state index is -0.989. The van der Waals surface area contributed by atoms with Gasteiger partial charge in [0.1, 0.15) is 5.75 Å². The molecule has 9 heteroatoms. The summed E-state index contributed by atoms with van der Waals surface area (Å²) < 4.78 is 5.32. The molecule has 0 atom stereocenters. The summed E-state index contributed by atoms with van der Waals surface area (Å²) in [5, 5.41) is 9.30. The monoisotopic (exact) mass is 512 g/mol. The summed E-state index contributed by atoms with van der Waals surface area (Å²) in [6.45, 7) is 0. The van der Waals surface area contributed by atoms with Crippen molar-refractivity contribution >= 4 is 35.6 Å². The van der Waals surface area contributed by atoms with Crippen LogP contribution in [0, 0.1) is 0 Å². The number of carbonyl (C=O) groups is 4. The highest BCUT2D eigenvalue weighted by Gasteiger charge is 2.21. The molecule has 194 valence electrons. The molecule has 0 spiro atoms. The highest BCUT2D eigenvalue weighted by molar-refractivity contribution is 6.40. The summed E-state index contributed by atoms with van der Waals surface area (Å²) in [6.07, 6.45) is 6.54. The van der Waals surface area contributed by atoms with E-state index in [0.717, 1.165) is 25.7 Å². The van der Waals surface area contributed by atoms with Gasteiger partial charge in [-0.2, -0.15) is 5.10 Å². The molecule has 0 aliphatic heterocycles. The third-order valence-corrected chi connectivity index (χ3v) is 6.05. The second kappa shape index (κ2) is 13.0. The summed E-state index contributed by atoms with van der Waals surface area (Å²) in [7, 11) is 0. The van der Waals surface area contributed by atoms with Crippen LogP contribution in [0.4, 0.5) is 5.69 Å². The maximum Gasteiger partial charge on any atom is 0.343 e. The Balaban J connectivity index is 1.28. The predicted octanol–water partition coefficient (Wildman–Crippen LogP) is 4.06. The Kier molecular flexibility index (Phi) is 8.96. The number of hydrazone groups is 1. The second-order valence-corrected chi connectivity index (χ2v) is 8.83. The average Bonchev–Trinajstić information content (AvgIpc) is 2.95. The molecular weight excluding hydrogens is 484 g/mol. The summed E-state index contributed by atoms with van der Waals surface area (Å²) in [5.74, 6) is -2.35. The SMILES string of the molecule is O=C(N/N=C/c1ccc(OC(=O)c2ccccc2)cc1)C(=O)Nc1ccccc1C(=O)NC1CCCCC1. The third kappa shape index (κ3) is 7.36. The van der Waals surface area contributed by atoms with Gasteiger partial charge in [-0.05, 0) is 66.9 Å². The molecule has 0 bridgehead atoms. The number of nitrogens with zero attached hydrogens (tertiary/aromatic N) is 1. The number of amides is 3. The minimum Gasteiger partial charge on any atom is -0.423 e. The van der Waals surface area contributed by atoms with E-state index in [-0.39, 0.29) is 23.2 Å². The molecule has 3 N–H and O–H groups in total. The molecule has 0 saturated heterocycles. The van der Waals surface area contributed by atoms with Crippen molar-refractivity contribution < 1.29 is 23.9 Å². The van der Waals surface area contributed by atoms with Gasteiger partial charge < -0.3 is 15.4 Å². The number of rotatable bonds is 7. The van der Waals surface area contributed by atoms with Crippen molar-refractivity contribution in [1.82, 2.24) is 10.7 Å². The van der Waals surface area contributed by atoms with E-state index in [2.05, 4.69) is 21.2 Å². The summed E-state index contributed by atoms with van der Waals surface area (Å²) in [5.41, 5.74) is 3.74. The smallest absolute Gasteiger partial charge is 0.343 e. The van der Waals surface area contributed by atoms with Crippen molar-refractivity contribution in [1.29, 1.82) is 0 Å². The van der Waals surface area contributed by atoms with E-state index in [1.807, 2.05) is 6.07 Å². The Hall–Kier alpha value is -4.79. The van der Waals surface area contributed by atoms with E-state index < -0.39 is 17.8 Å².